The summed E-state index contributed by atoms with van der Waals surface area (Å²) in [5.41, 5.74) is 0. The molecule has 0 bridgehead atoms. The van der Waals surface area contributed by atoms with E-state index in [0.29, 0.717) is 13.0 Å². The van der Waals surface area contributed by atoms with Crippen molar-refractivity contribution >= 4 is 5.91 Å². The molecule has 0 heterocycles. The molecule has 0 aromatic heterocycles. The van der Waals surface area contributed by atoms with E-state index in [2.05, 4.69) is 5.32 Å². The Kier molecular flexibility index (Phi) is 5.21. The first-order valence-electron chi connectivity index (χ1n) is 2.96. The van der Waals surface area contributed by atoms with Crippen LogP contribution in [-0.4, -0.2) is 24.2 Å². The highest BCUT2D eigenvalue weighted by molar-refractivity contribution is 5.76. The maximum absolute atomic E-state index is 10.5. The van der Waals surface area contributed by atoms with Crippen LogP contribution in [0.2, 0.25) is 0 Å². The summed E-state index contributed by atoms with van der Waals surface area (Å²) < 4.78 is 0. The van der Waals surface area contributed by atoms with Gasteiger partial charge in [-0.25, -0.2) is 0 Å². The van der Waals surface area contributed by atoms with E-state index in [1.54, 1.807) is 6.42 Å². The lowest BCUT2D eigenvalue weighted by Crippen LogP contribution is -2.25. The number of aliphatic hydroxyl groups excluding tert-OH is 1. The monoisotopic (exact) mass is 130 g/mol. The molecule has 0 aliphatic rings. The Balaban J connectivity index is 3.06. The average molecular weight is 130 g/mol. The predicted octanol–water partition coefficient (Wildman–Crippen LogP) is -0.291. The van der Waals surface area contributed by atoms with Crippen molar-refractivity contribution < 1.29 is 9.90 Å². The lowest BCUT2D eigenvalue weighted by atomic mass is 10.3. The fraction of sp³-hybridized carbons (Fsp3) is 0.667. The third-order valence-corrected chi connectivity index (χ3v) is 0.823. The fourth-order valence-electron chi connectivity index (χ4n) is 0.453. The van der Waals surface area contributed by atoms with E-state index < -0.39 is 0 Å². The van der Waals surface area contributed by atoms with Crippen molar-refractivity contribution in [3.63, 3.8) is 0 Å². The van der Waals surface area contributed by atoms with Crippen LogP contribution in [0.15, 0.2) is 0 Å². The van der Waals surface area contributed by atoms with Crippen molar-refractivity contribution in [2.75, 3.05) is 13.2 Å². The lowest BCUT2D eigenvalue weighted by molar-refractivity contribution is -0.120. The molecule has 53 valence electrons. The molecule has 0 saturated heterocycles. The van der Waals surface area contributed by atoms with E-state index in [0.717, 1.165) is 0 Å². The molecular formula is C6H12NO2. The topological polar surface area (TPSA) is 49.3 Å². The summed E-state index contributed by atoms with van der Waals surface area (Å²) in [5.74, 6) is -0.0356. The lowest BCUT2D eigenvalue weighted by Gasteiger charge is -1.98. The van der Waals surface area contributed by atoms with Crippen LogP contribution in [0.25, 0.3) is 0 Å². The number of hydrogen-bond acceptors (Lipinski definition) is 2. The molecule has 3 heteroatoms. The van der Waals surface area contributed by atoms with Crippen molar-refractivity contribution in [1.82, 2.24) is 5.32 Å². The zero-order chi connectivity index (χ0) is 7.11. The van der Waals surface area contributed by atoms with Crippen LogP contribution in [0.3, 0.4) is 0 Å². The SMILES string of the molecule is C[CH]CC(=O)NCCO. The summed E-state index contributed by atoms with van der Waals surface area (Å²) in [4.78, 5) is 10.5. The molecule has 0 aromatic rings. The van der Waals surface area contributed by atoms with E-state index in [1.807, 2.05) is 6.92 Å². The quantitative estimate of drug-likeness (QED) is 0.549. The van der Waals surface area contributed by atoms with Gasteiger partial charge < -0.3 is 10.4 Å². The summed E-state index contributed by atoms with van der Waals surface area (Å²) in [6.07, 6.45) is 2.20. The van der Waals surface area contributed by atoms with Gasteiger partial charge >= 0.3 is 0 Å². The first kappa shape index (κ1) is 8.43. The number of carbonyl (C=O) groups excluding carboxylic acids is 1. The van der Waals surface area contributed by atoms with Crippen LogP contribution < -0.4 is 5.32 Å². The van der Waals surface area contributed by atoms with Crippen molar-refractivity contribution in [2.24, 2.45) is 0 Å². The van der Waals surface area contributed by atoms with Crippen LogP contribution >= 0.6 is 0 Å². The number of nitrogens with one attached hydrogen (secondary N) is 1. The molecule has 0 fully saturated rings. The smallest absolute Gasteiger partial charge is 0.220 e. The zero-order valence-corrected chi connectivity index (χ0v) is 5.55. The Morgan fingerprint density at radius 1 is 1.78 bits per heavy atom. The molecule has 0 rings (SSSR count). The van der Waals surface area contributed by atoms with Crippen LogP contribution in [-0.2, 0) is 4.79 Å². The molecule has 0 aromatic carbocycles. The highest BCUT2D eigenvalue weighted by Crippen LogP contribution is 1.82. The van der Waals surface area contributed by atoms with Gasteiger partial charge in [-0.15, -0.1) is 0 Å². The molecular weight excluding hydrogens is 118 g/mol. The number of aliphatic hydroxyl groups is 1. The number of hydrogen-bond donors (Lipinski definition) is 2. The third-order valence-electron chi connectivity index (χ3n) is 0.823. The first-order valence-corrected chi connectivity index (χ1v) is 2.96. The van der Waals surface area contributed by atoms with Crippen molar-refractivity contribution in [3.8, 4) is 0 Å². The maximum atomic E-state index is 10.5. The molecule has 1 amide bonds. The minimum absolute atomic E-state index is 0.00938. The normalized spacial score (nSPS) is 9.11. The molecule has 0 unspecified atom stereocenters. The predicted molar refractivity (Wildman–Crippen MR) is 34.7 cm³/mol. The minimum Gasteiger partial charge on any atom is -0.395 e. The summed E-state index contributed by atoms with van der Waals surface area (Å²) in [6.45, 7) is 2.18. The minimum atomic E-state index is -0.0356. The number of carbonyl (C=O) groups is 1. The average Bonchev–Trinajstić information content (AvgIpc) is 1.85. The second kappa shape index (κ2) is 5.56. The van der Waals surface area contributed by atoms with E-state index in [1.165, 1.54) is 0 Å². The van der Waals surface area contributed by atoms with E-state index >= 15 is 0 Å². The van der Waals surface area contributed by atoms with Gasteiger partial charge in [0.25, 0.3) is 0 Å². The van der Waals surface area contributed by atoms with Gasteiger partial charge in [-0.2, -0.15) is 0 Å². The molecule has 2 N–H and O–H groups in total. The van der Waals surface area contributed by atoms with Gasteiger partial charge in [-0.1, -0.05) is 6.92 Å². The number of rotatable bonds is 4. The highest BCUT2D eigenvalue weighted by Gasteiger charge is 1.94. The van der Waals surface area contributed by atoms with Crippen LogP contribution in [0.5, 0.6) is 0 Å². The van der Waals surface area contributed by atoms with Gasteiger partial charge in [0.15, 0.2) is 0 Å². The van der Waals surface area contributed by atoms with Gasteiger partial charge in [0.1, 0.15) is 0 Å². The van der Waals surface area contributed by atoms with Crippen LogP contribution in [0.1, 0.15) is 13.3 Å². The fourth-order valence-corrected chi connectivity index (χ4v) is 0.453. The van der Waals surface area contributed by atoms with Crippen molar-refractivity contribution in [1.29, 1.82) is 0 Å². The van der Waals surface area contributed by atoms with Crippen LogP contribution in [0.4, 0.5) is 0 Å². The molecule has 0 atom stereocenters. The van der Waals surface area contributed by atoms with E-state index in [4.69, 9.17) is 5.11 Å². The summed E-state index contributed by atoms with van der Waals surface area (Å²) >= 11 is 0. The Bertz CT molecular complexity index is 83.1. The molecule has 9 heavy (non-hydrogen) atoms. The Morgan fingerprint density at radius 3 is 2.89 bits per heavy atom. The molecule has 3 nitrogen and oxygen atoms in total. The molecule has 1 radical (unpaired) electrons. The Morgan fingerprint density at radius 2 is 2.44 bits per heavy atom. The molecule has 0 aliphatic carbocycles. The highest BCUT2D eigenvalue weighted by atomic mass is 16.3. The van der Waals surface area contributed by atoms with Crippen LogP contribution in [0, 0.1) is 6.42 Å². The van der Waals surface area contributed by atoms with Crippen molar-refractivity contribution in [3.05, 3.63) is 6.42 Å². The van der Waals surface area contributed by atoms with Gasteiger partial charge in [0.2, 0.25) is 5.91 Å². The molecule has 0 saturated carbocycles. The second-order valence-electron chi connectivity index (χ2n) is 1.69. The molecule has 0 aliphatic heterocycles. The Labute approximate surface area is 55.1 Å². The summed E-state index contributed by atoms with van der Waals surface area (Å²) in [6, 6.07) is 0. The first-order chi connectivity index (χ1) is 4.31. The van der Waals surface area contributed by atoms with Gasteiger partial charge in [-0.05, 0) is 6.42 Å². The van der Waals surface area contributed by atoms with Gasteiger partial charge in [0, 0.05) is 13.0 Å². The second-order valence-corrected chi connectivity index (χ2v) is 1.69. The molecule has 0 spiro atoms. The van der Waals surface area contributed by atoms with E-state index in [-0.39, 0.29) is 12.5 Å². The largest absolute Gasteiger partial charge is 0.395 e. The Hall–Kier alpha value is -0.570. The third kappa shape index (κ3) is 5.30. The zero-order valence-electron chi connectivity index (χ0n) is 5.55. The van der Waals surface area contributed by atoms with Crippen molar-refractivity contribution in [2.45, 2.75) is 13.3 Å². The summed E-state index contributed by atoms with van der Waals surface area (Å²) in [5, 5.41) is 10.8. The number of amides is 1. The summed E-state index contributed by atoms with van der Waals surface area (Å²) in [7, 11) is 0. The standard InChI is InChI=1S/C6H12NO2/c1-2-3-6(9)7-4-5-8/h2,8H,3-5H2,1H3,(H,7,9). The van der Waals surface area contributed by atoms with Gasteiger partial charge in [-0.3, -0.25) is 4.79 Å². The van der Waals surface area contributed by atoms with E-state index in [9.17, 15) is 4.79 Å². The maximum Gasteiger partial charge on any atom is 0.220 e. The van der Waals surface area contributed by atoms with Gasteiger partial charge in [0.05, 0.1) is 6.61 Å².